The second-order valence-corrected chi connectivity index (χ2v) is 6.59. The van der Waals surface area contributed by atoms with E-state index < -0.39 is 16.7 Å². The minimum atomic E-state index is -0.678. The first kappa shape index (κ1) is 16.9. The molecule has 0 saturated carbocycles. The maximum absolute atomic E-state index is 13.0. The summed E-state index contributed by atoms with van der Waals surface area (Å²) in [4.78, 5) is 29.1. The molecule has 3 aromatic heterocycles. The zero-order valence-electron chi connectivity index (χ0n) is 13.9. The van der Waals surface area contributed by atoms with E-state index >= 15 is 0 Å². The van der Waals surface area contributed by atoms with Crippen molar-refractivity contribution in [3.8, 4) is 0 Å². The van der Waals surface area contributed by atoms with Gasteiger partial charge in [-0.25, -0.2) is 4.98 Å². The summed E-state index contributed by atoms with van der Waals surface area (Å²) >= 11 is 1.37. The van der Waals surface area contributed by atoms with Gasteiger partial charge in [-0.2, -0.15) is 5.10 Å². The first-order valence-corrected chi connectivity index (χ1v) is 8.82. The number of amides is 1. The fourth-order valence-electron chi connectivity index (χ4n) is 2.57. The number of nitrogens with zero attached hydrogens (tertiary/aromatic N) is 5. The summed E-state index contributed by atoms with van der Waals surface area (Å²) in [6, 6.07) is 11.8. The van der Waals surface area contributed by atoms with E-state index in [1.807, 2.05) is 24.3 Å². The van der Waals surface area contributed by atoms with Gasteiger partial charge < -0.3 is 4.42 Å². The Labute approximate surface area is 156 Å². The van der Waals surface area contributed by atoms with Gasteiger partial charge in [0.15, 0.2) is 10.9 Å². The number of carbonyl (C=O) groups is 1. The van der Waals surface area contributed by atoms with E-state index in [0.29, 0.717) is 11.7 Å². The van der Waals surface area contributed by atoms with E-state index in [0.717, 1.165) is 16.3 Å². The topological polar surface area (TPSA) is 107 Å². The highest BCUT2D eigenvalue weighted by Gasteiger charge is 2.26. The largest absolute Gasteiger partial charge is 0.433 e. The van der Waals surface area contributed by atoms with Gasteiger partial charge in [-0.1, -0.05) is 23.5 Å². The Morgan fingerprint density at radius 2 is 2.11 bits per heavy atom. The molecule has 0 unspecified atom stereocenters. The molecule has 4 rings (SSSR count). The Morgan fingerprint density at radius 1 is 1.26 bits per heavy atom. The highest BCUT2D eigenvalue weighted by atomic mass is 32.1. The number of thiazole rings is 1. The molecular formula is C17H13N5O4S. The number of hydrogen-bond donors (Lipinski definition) is 0. The molecule has 10 heteroatoms. The van der Waals surface area contributed by atoms with Crippen molar-refractivity contribution in [1.82, 2.24) is 14.8 Å². The Kier molecular flexibility index (Phi) is 4.38. The second kappa shape index (κ2) is 7.00. The van der Waals surface area contributed by atoms with Gasteiger partial charge in [-0.15, -0.1) is 0 Å². The number of aromatic nitrogens is 3. The van der Waals surface area contributed by atoms with Crippen molar-refractivity contribution in [3.63, 3.8) is 0 Å². The van der Waals surface area contributed by atoms with Crippen LogP contribution in [0.3, 0.4) is 0 Å². The smallest absolute Gasteiger partial charge is 0.395 e. The number of para-hydroxylation sites is 1. The molecule has 0 aliphatic carbocycles. The Balaban J connectivity index is 1.67. The van der Waals surface area contributed by atoms with Crippen LogP contribution in [0.5, 0.6) is 0 Å². The van der Waals surface area contributed by atoms with E-state index in [-0.39, 0.29) is 12.3 Å². The molecule has 27 heavy (non-hydrogen) atoms. The first-order valence-electron chi connectivity index (χ1n) is 8.01. The van der Waals surface area contributed by atoms with Gasteiger partial charge in [0, 0.05) is 18.9 Å². The fourth-order valence-corrected chi connectivity index (χ4v) is 3.56. The van der Waals surface area contributed by atoms with Crippen molar-refractivity contribution in [3.05, 3.63) is 70.7 Å². The minimum Gasteiger partial charge on any atom is -0.395 e. The van der Waals surface area contributed by atoms with Gasteiger partial charge in [-0.3, -0.25) is 24.5 Å². The number of furan rings is 1. The average Bonchev–Trinajstić information content (AvgIpc) is 3.41. The Morgan fingerprint density at radius 3 is 2.81 bits per heavy atom. The third-order valence-electron chi connectivity index (χ3n) is 3.85. The van der Waals surface area contributed by atoms with Crippen molar-refractivity contribution in [2.45, 2.75) is 6.54 Å². The molecule has 9 nitrogen and oxygen atoms in total. The van der Waals surface area contributed by atoms with Crippen LogP contribution >= 0.6 is 11.3 Å². The minimum absolute atomic E-state index is 0.110. The van der Waals surface area contributed by atoms with Crippen LogP contribution in [-0.2, 0) is 6.54 Å². The average molecular weight is 383 g/mol. The second-order valence-electron chi connectivity index (χ2n) is 5.59. The molecule has 4 aromatic rings. The molecule has 0 radical (unpaired) electrons. The van der Waals surface area contributed by atoms with Crippen LogP contribution in [-0.4, -0.2) is 32.1 Å². The van der Waals surface area contributed by atoms with E-state index in [2.05, 4.69) is 10.1 Å². The summed E-state index contributed by atoms with van der Waals surface area (Å²) in [5.41, 5.74) is 0.778. The summed E-state index contributed by atoms with van der Waals surface area (Å²) in [7, 11) is 0. The third kappa shape index (κ3) is 3.42. The van der Waals surface area contributed by atoms with Crippen LogP contribution in [0.1, 0.15) is 10.6 Å². The molecule has 0 fully saturated rings. The van der Waals surface area contributed by atoms with Gasteiger partial charge >= 0.3 is 5.88 Å². The van der Waals surface area contributed by atoms with Gasteiger partial charge in [-0.05, 0) is 24.3 Å². The lowest BCUT2D eigenvalue weighted by Crippen LogP contribution is -2.33. The summed E-state index contributed by atoms with van der Waals surface area (Å²) in [6.45, 7) is 0.728. The van der Waals surface area contributed by atoms with Gasteiger partial charge in [0.05, 0.1) is 22.8 Å². The molecule has 0 N–H and O–H groups in total. The monoisotopic (exact) mass is 383 g/mol. The highest BCUT2D eigenvalue weighted by Crippen LogP contribution is 2.30. The number of fused-ring (bicyclic) bond motifs is 1. The number of hydrogen-bond acceptors (Lipinski definition) is 7. The van der Waals surface area contributed by atoms with Crippen LogP contribution in [0, 0.1) is 10.1 Å². The highest BCUT2D eigenvalue weighted by molar-refractivity contribution is 7.22. The number of nitro groups is 1. The zero-order chi connectivity index (χ0) is 18.8. The first-order chi connectivity index (χ1) is 13.1. The Hall–Kier alpha value is -3.53. The van der Waals surface area contributed by atoms with Crippen molar-refractivity contribution < 1.29 is 14.1 Å². The quantitative estimate of drug-likeness (QED) is 0.373. The molecule has 0 atom stereocenters. The lowest BCUT2D eigenvalue weighted by molar-refractivity contribution is -0.402. The van der Waals surface area contributed by atoms with Crippen molar-refractivity contribution in [2.24, 2.45) is 0 Å². The van der Waals surface area contributed by atoms with Crippen LogP contribution in [0.15, 0.2) is 59.3 Å². The molecule has 136 valence electrons. The van der Waals surface area contributed by atoms with Crippen molar-refractivity contribution in [1.29, 1.82) is 0 Å². The maximum Gasteiger partial charge on any atom is 0.433 e. The summed E-state index contributed by atoms with van der Waals surface area (Å²) in [5.74, 6) is -1.08. The van der Waals surface area contributed by atoms with Crippen molar-refractivity contribution >= 4 is 38.5 Å². The lowest BCUT2D eigenvalue weighted by Gasteiger charge is -2.18. The van der Waals surface area contributed by atoms with Gasteiger partial charge in [0.2, 0.25) is 0 Å². The molecule has 0 spiro atoms. The fraction of sp³-hybridized carbons (Fsp3) is 0.118. The van der Waals surface area contributed by atoms with Gasteiger partial charge in [0.25, 0.3) is 5.91 Å². The van der Waals surface area contributed by atoms with Crippen LogP contribution in [0.2, 0.25) is 0 Å². The molecule has 0 bridgehead atoms. The normalized spacial score (nSPS) is 11.0. The molecule has 1 amide bonds. The van der Waals surface area contributed by atoms with Crippen LogP contribution in [0.4, 0.5) is 11.0 Å². The number of rotatable bonds is 6. The number of anilines is 1. The summed E-state index contributed by atoms with van der Waals surface area (Å²) in [6.07, 6.45) is 3.44. The predicted octanol–water partition coefficient (Wildman–Crippen LogP) is 3.34. The summed E-state index contributed by atoms with van der Waals surface area (Å²) < 4.78 is 7.72. The molecule has 0 saturated heterocycles. The number of carbonyl (C=O) groups excluding carboxylic acids is 1. The third-order valence-corrected chi connectivity index (χ3v) is 4.91. The van der Waals surface area contributed by atoms with Gasteiger partial charge in [0.1, 0.15) is 4.92 Å². The molecule has 1 aromatic carbocycles. The molecule has 0 aliphatic heterocycles. The van der Waals surface area contributed by atoms with E-state index in [9.17, 15) is 14.9 Å². The summed E-state index contributed by atoms with van der Waals surface area (Å²) in [5, 5.41) is 15.5. The van der Waals surface area contributed by atoms with Crippen molar-refractivity contribution in [2.75, 3.05) is 11.4 Å². The van der Waals surface area contributed by atoms with E-state index in [4.69, 9.17) is 4.42 Å². The number of benzene rings is 1. The molecular weight excluding hydrogens is 370 g/mol. The zero-order valence-corrected chi connectivity index (χ0v) is 14.7. The predicted molar refractivity (Wildman–Crippen MR) is 98.9 cm³/mol. The Bertz CT molecular complexity index is 1070. The van der Waals surface area contributed by atoms with E-state index in [1.54, 1.807) is 23.1 Å². The van der Waals surface area contributed by atoms with Crippen LogP contribution < -0.4 is 4.90 Å². The SMILES string of the molecule is O=C(c1ccc([N+](=O)[O-])o1)N(CCn1cccn1)c1nc2ccccc2s1. The molecule has 0 aliphatic rings. The van der Waals surface area contributed by atoms with Crippen LogP contribution in [0.25, 0.3) is 10.2 Å². The van der Waals surface area contributed by atoms with E-state index in [1.165, 1.54) is 22.3 Å². The standard InChI is InChI=1S/C17H13N5O4S/c23-16(13-6-7-15(26-13)22(24)25)21(11-10-20-9-3-8-18-20)17-19-12-4-1-2-5-14(12)27-17/h1-9H,10-11H2. The maximum atomic E-state index is 13.0. The lowest BCUT2D eigenvalue weighted by atomic mass is 10.3. The molecule has 3 heterocycles.